The van der Waals surface area contributed by atoms with E-state index in [9.17, 15) is 0 Å². The monoisotopic (exact) mass is 198 g/mol. The molecule has 3 heteroatoms. The Hall–Kier alpha value is 0.137. The van der Waals surface area contributed by atoms with Gasteiger partial charge >= 0.3 is 0 Å². The summed E-state index contributed by atoms with van der Waals surface area (Å²) in [7, 11) is 2.31. The van der Waals surface area contributed by atoms with Gasteiger partial charge in [-0.25, -0.2) is 0 Å². The van der Waals surface area contributed by atoms with E-state index in [1.807, 2.05) is 0 Å². The molecule has 0 bridgehead atoms. The van der Waals surface area contributed by atoms with Crippen molar-refractivity contribution in [2.75, 3.05) is 7.05 Å². The molecule has 1 aliphatic carbocycles. The van der Waals surface area contributed by atoms with Gasteiger partial charge in [0.1, 0.15) is 0 Å². The fraction of sp³-hybridized carbons (Fsp3) is 1.00. The minimum atomic E-state index is 0.00670. The molecule has 1 unspecified atom stereocenters. The van der Waals surface area contributed by atoms with E-state index in [0.717, 1.165) is 12.2 Å². The zero-order valence-electron chi connectivity index (χ0n) is 9.00. The van der Waals surface area contributed by atoms with Gasteiger partial charge in [-0.05, 0) is 26.3 Å². The minimum absolute atomic E-state index is 0.00670. The van der Waals surface area contributed by atoms with Gasteiger partial charge in [-0.1, -0.05) is 26.2 Å². The predicted molar refractivity (Wildman–Crippen MR) is 59.1 cm³/mol. The van der Waals surface area contributed by atoms with Gasteiger partial charge in [-0.15, -0.1) is 0 Å². The first-order chi connectivity index (χ1) is 6.33. The third-order valence-electron chi connectivity index (χ3n) is 3.69. The van der Waals surface area contributed by atoms with Crippen LogP contribution in [0.3, 0.4) is 0 Å². The van der Waals surface area contributed by atoms with Crippen LogP contribution in [0, 0.1) is 0 Å². The van der Waals surface area contributed by atoms with Crippen molar-refractivity contribution in [1.82, 2.24) is 9.13 Å². The highest BCUT2D eigenvalue weighted by Gasteiger charge is 2.37. The van der Waals surface area contributed by atoms with Crippen molar-refractivity contribution in [3.8, 4) is 0 Å². The average molecular weight is 198 g/mol. The first-order valence-corrected chi connectivity index (χ1v) is 7.05. The van der Waals surface area contributed by atoms with Gasteiger partial charge in [0, 0.05) is 6.04 Å². The van der Waals surface area contributed by atoms with Crippen LogP contribution in [0.2, 0.25) is 0 Å². The summed E-state index contributed by atoms with van der Waals surface area (Å²) in [6.07, 6.45) is 9.55. The molecule has 2 aliphatic rings. The van der Waals surface area contributed by atoms with E-state index in [-0.39, 0.29) is 9.84 Å². The molecule has 76 valence electrons. The van der Waals surface area contributed by atoms with Crippen molar-refractivity contribution in [3.05, 3.63) is 0 Å². The molecule has 1 aliphatic heterocycles. The molecule has 0 radical (unpaired) electrons. The Bertz CT molecular complexity index is 168. The van der Waals surface area contributed by atoms with E-state index in [1.54, 1.807) is 0 Å². The lowest BCUT2D eigenvalue weighted by atomic mass is 9.95. The summed E-state index contributed by atoms with van der Waals surface area (Å²) in [5.74, 6) is 0. The van der Waals surface area contributed by atoms with Gasteiger partial charge in [0.2, 0.25) is 0 Å². The lowest BCUT2D eigenvalue weighted by molar-refractivity contribution is 0.0584. The van der Waals surface area contributed by atoms with E-state index in [4.69, 9.17) is 0 Å². The molecule has 0 aromatic heterocycles. The second-order valence-corrected chi connectivity index (χ2v) is 6.60. The van der Waals surface area contributed by atoms with Crippen LogP contribution in [-0.2, 0) is 0 Å². The van der Waals surface area contributed by atoms with E-state index in [0.29, 0.717) is 0 Å². The summed E-state index contributed by atoms with van der Waals surface area (Å²) in [4.78, 5) is 0. The van der Waals surface area contributed by atoms with Gasteiger partial charge in [-0.3, -0.25) is 4.57 Å². The van der Waals surface area contributed by atoms with Crippen molar-refractivity contribution in [2.24, 2.45) is 0 Å². The molecule has 0 amide bonds. The highest BCUT2D eigenvalue weighted by atomic mass is 28.2. The Morgan fingerprint density at radius 3 is 2.46 bits per heavy atom. The SMILES string of the molecule is CCC1N(C)[SiH2]N1C1CCCCC1. The predicted octanol–water partition coefficient (Wildman–Crippen LogP) is 1.30. The molecule has 0 spiro atoms. The molecule has 1 atom stereocenters. The van der Waals surface area contributed by atoms with Crippen LogP contribution in [0.25, 0.3) is 0 Å². The van der Waals surface area contributed by atoms with E-state index in [2.05, 4.69) is 23.1 Å². The second kappa shape index (κ2) is 4.11. The molecule has 13 heavy (non-hydrogen) atoms. The summed E-state index contributed by atoms with van der Waals surface area (Å²) in [6.45, 7) is 2.32. The third kappa shape index (κ3) is 1.83. The van der Waals surface area contributed by atoms with Crippen molar-refractivity contribution in [2.45, 2.75) is 57.7 Å². The van der Waals surface area contributed by atoms with E-state index in [1.165, 1.54) is 38.5 Å². The maximum Gasteiger partial charge on any atom is 0.175 e. The lowest BCUT2D eigenvalue weighted by Crippen LogP contribution is -2.67. The Balaban J connectivity index is 1.86. The zero-order chi connectivity index (χ0) is 9.26. The fourth-order valence-corrected chi connectivity index (χ4v) is 5.11. The smallest absolute Gasteiger partial charge is 0.175 e. The topological polar surface area (TPSA) is 6.48 Å². The van der Waals surface area contributed by atoms with E-state index >= 15 is 0 Å². The number of nitrogens with zero attached hydrogens (tertiary/aromatic N) is 2. The largest absolute Gasteiger partial charge is 0.305 e. The van der Waals surface area contributed by atoms with Crippen LogP contribution in [0.4, 0.5) is 0 Å². The van der Waals surface area contributed by atoms with E-state index < -0.39 is 0 Å². The van der Waals surface area contributed by atoms with Crippen LogP contribution in [-0.4, -0.2) is 38.2 Å². The Morgan fingerprint density at radius 1 is 1.23 bits per heavy atom. The molecule has 2 fully saturated rings. The summed E-state index contributed by atoms with van der Waals surface area (Å²) in [5.41, 5.74) is 0. The maximum atomic E-state index is 2.85. The quantitative estimate of drug-likeness (QED) is 0.617. The molecular formula is C10H22N2Si. The highest BCUT2D eigenvalue weighted by Crippen LogP contribution is 2.29. The zero-order valence-corrected chi connectivity index (χ0v) is 10.4. The molecular weight excluding hydrogens is 176 g/mol. The maximum absolute atomic E-state index is 2.85. The molecule has 0 N–H and O–H groups in total. The van der Waals surface area contributed by atoms with Gasteiger partial charge in [0.15, 0.2) is 9.84 Å². The molecule has 1 saturated carbocycles. The first kappa shape index (κ1) is 9.68. The Morgan fingerprint density at radius 2 is 1.92 bits per heavy atom. The standard InChI is InChI=1S/C10H22N2Si/c1-3-10-11(2)13-12(10)9-7-5-4-6-8-9/h9-10H,3-8,13H2,1-2H3. The van der Waals surface area contributed by atoms with Crippen molar-refractivity contribution in [1.29, 1.82) is 0 Å². The van der Waals surface area contributed by atoms with Crippen molar-refractivity contribution >= 4 is 9.84 Å². The summed E-state index contributed by atoms with van der Waals surface area (Å²) in [5, 5.41) is 0. The summed E-state index contributed by atoms with van der Waals surface area (Å²) in [6, 6.07) is 0.974. The number of rotatable bonds is 2. The van der Waals surface area contributed by atoms with Crippen LogP contribution < -0.4 is 0 Å². The molecule has 1 saturated heterocycles. The van der Waals surface area contributed by atoms with Crippen LogP contribution >= 0.6 is 0 Å². The Labute approximate surface area is 84.3 Å². The molecule has 0 aromatic rings. The number of hydrogen-bond donors (Lipinski definition) is 0. The molecule has 0 aromatic carbocycles. The average Bonchev–Trinajstić information content (AvgIpc) is 2.16. The molecule has 2 rings (SSSR count). The number of hydrogen-bond acceptors (Lipinski definition) is 2. The second-order valence-electron chi connectivity index (χ2n) is 4.59. The van der Waals surface area contributed by atoms with Crippen LogP contribution in [0.5, 0.6) is 0 Å². The Kier molecular flexibility index (Phi) is 3.06. The van der Waals surface area contributed by atoms with Crippen molar-refractivity contribution in [3.63, 3.8) is 0 Å². The molecule has 2 nitrogen and oxygen atoms in total. The van der Waals surface area contributed by atoms with Crippen LogP contribution in [0.15, 0.2) is 0 Å². The fourth-order valence-electron chi connectivity index (χ4n) is 2.92. The molecule has 1 heterocycles. The normalized spacial score (nSPS) is 35.1. The van der Waals surface area contributed by atoms with Gasteiger partial charge < -0.3 is 4.57 Å². The van der Waals surface area contributed by atoms with Crippen molar-refractivity contribution < 1.29 is 0 Å². The lowest BCUT2D eigenvalue weighted by Gasteiger charge is -2.53. The van der Waals surface area contributed by atoms with Crippen LogP contribution in [0.1, 0.15) is 45.4 Å². The summed E-state index contributed by atoms with van der Waals surface area (Å²) >= 11 is 0. The van der Waals surface area contributed by atoms with Gasteiger partial charge in [0.05, 0.1) is 6.17 Å². The minimum Gasteiger partial charge on any atom is -0.305 e. The van der Waals surface area contributed by atoms with Gasteiger partial charge in [0.25, 0.3) is 0 Å². The third-order valence-corrected chi connectivity index (χ3v) is 5.82. The highest BCUT2D eigenvalue weighted by molar-refractivity contribution is 6.32. The van der Waals surface area contributed by atoms with Gasteiger partial charge in [-0.2, -0.15) is 0 Å². The summed E-state index contributed by atoms with van der Waals surface area (Å²) < 4.78 is 5.45. The first-order valence-electron chi connectivity index (χ1n) is 5.79.